The Hall–Kier alpha value is -1.68. The summed E-state index contributed by atoms with van der Waals surface area (Å²) in [5.74, 6) is 0.0449. The van der Waals surface area contributed by atoms with Gasteiger partial charge in [-0.1, -0.05) is 15.9 Å². The molecule has 1 heterocycles. The zero-order chi connectivity index (χ0) is 14.5. The summed E-state index contributed by atoms with van der Waals surface area (Å²) in [7, 11) is 1.83. The van der Waals surface area contributed by atoms with Gasteiger partial charge in [-0.15, -0.1) is 0 Å². The summed E-state index contributed by atoms with van der Waals surface area (Å²) in [6, 6.07) is 9.71. The van der Waals surface area contributed by atoms with E-state index in [1.807, 2.05) is 44.3 Å². The van der Waals surface area contributed by atoms with Crippen molar-refractivity contribution in [2.45, 2.75) is 13.3 Å². The Morgan fingerprint density at radius 1 is 1.25 bits per heavy atom. The number of nitrogens with zero attached hydrogens (tertiary/aromatic N) is 2. The molecule has 0 aliphatic carbocycles. The van der Waals surface area contributed by atoms with Gasteiger partial charge in [0, 0.05) is 36.0 Å². The first kappa shape index (κ1) is 14.7. The Labute approximate surface area is 127 Å². The molecular formula is C16H17BrN2O. The van der Waals surface area contributed by atoms with Crippen LogP contribution < -0.4 is 0 Å². The van der Waals surface area contributed by atoms with Crippen LogP contribution in [-0.4, -0.2) is 29.4 Å². The molecule has 1 aromatic carbocycles. The van der Waals surface area contributed by atoms with Crippen LogP contribution in [0.1, 0.15) is 21.5 Å². The highest BCUT2D eigenvalue weighted by molar-refractivity contribution is 9.10. The van der Waals surface area contributed by atoms with E-state index >= 15 is 0 Å². The smallest absolute Gasteiger partial charge is 0.253 e. The van der Waals surface area contributed by atoms with Gasteiger partial charge in [0.2, 0.25) is 0 Å². The minimum atomic E-state index is 0.0449. The monoisotopic (exact) mass is 332 g/mol. The third-order valence-corrected chi connectivity index (χ3v) is 3.58. The standard InChI is InChI=1S/C16H17BrN2O/c1-12-9-14(11-15(17)10-12)16(20)19(2)8-5-13-3-6-18-7-4-13/h3-4,6-7,9-11H,5,8H2,1-2H3. The predicted octanol–water partition coefficient (Wildman–Crippen LogP) is 3.47. The third-order valence-electron chi connectivity index (χ3n) is 3.12. The fourth-order valence-electron chi connectivity index (χ4n) is 2.03. The van der Waals surface area contributed by atoms with E-state index in [-0.39, 0.29) is 5.91 Å². The average Bonchev–Trinajstić information content (AvgIpc) is 2.44. The van der Waals surface area contributed by atoms with Crippen LogP contribution in [0.2, 0.25) is 0 Å². The number of carbonyl (C=O) groups is 1. The maximum atomic E-state index is 12.4. The van der Waals surface area contributed by atoms with Crippen LogP contribution in [0.15, 0.2) is 47.2 Å². The van der Waals surface area contributed by atoms with Crippen molar-refractivity contribution in [3.05, 3.63) is 63.9 Å². The second-order valence-corrected chi connectivity index (χ2v) is 5.77. The molecule has 3 nitrogen and oxygen atoms in total. The molecule has 2 aromatic rings. The van der Waals surface area contributed by atoms with Crippen LogP contribution in [0.5, 0.6) is 0 Å². The average molecular weight is 333 g/mol. The summed E-state index contributed by atoms with van der Waals surface area (Å²) in [4.78, 5) is 18.1. The van der Waals surface area contributed by atoms with Crippen molar-refractivity contribution in [2.24, 2.45) is 0 Å². The van der Waals surface area contributed by atoms with Crippen molar-refractivity contribution in [3.8, 4) is 0 Å². The number of carbonyl (C=O) groups excluding carboxylic acids is 1. The fourth-order valence-corrected chi connectivity index (χ4v) is 2.64. The van der Waals surface area contributed by atoms with E-state index in [1.54, 1.807) is 17.3 Å². The zero-order valence-corrected chi connectivity index (χ0v) is 13.2. The summed E-state index contributed by atoms with van der Waals surface area (Å²) < 4.78 is 0.934. The first-order valence-electron chi connectivity index (χ1n) is 6.48. The molecule has 0 aliphatic rings. The number of rotatable bonds is 4. The number of benzene rings is 1. The minimum absolute atomic E-state index is 0.0449. The van der Waals surface area contributed by atoms with Gasteiger partial charge in [0.25, 0.3) is 5.91 Å². The Morgan fingerprint density at radius 3 is 2.60 bits per heavy atom. The lowest BCUT2D eigenvalue weighted by Crippen LogP contribution is -2.28. The molecule has 1 amide bonds. The van der Waals surface area contributed by atoms with E-state index in [0.717, 1.165) is 16.5 Å². The molecule has 0 saturated carbocycles. The Bertz CT molecular complexity index is 578. The van der Waals surface area contributed by atoms with Crippen molar-refractivity contribution < 1.29 is 4.79 Å². The van der Waals surface area contributed by atoms with Crippen molar-refractivity contribution in [1.29, 1.82) is 0 Å². The normalized spacial score (nSPS) is 10.3. The lowest BCUT2D eigenvalue weighted by molar-refractivity contribution is 0.0796. The number of aromatic nitrogens is 1. The zero-order valence-electron chi connectivity index (χ0n) is 11.6. The molecule has 0 saturated heterocycles. The molecule has 0 N–H and O–H groups in total. The van der Waals surface area contributed by atoms with Crippen molar-refractivity contribution in [1.82, 2.24) is 9.88 Å². The van der Waals surface area contributed by atoms with E-state index in [9.17, 15) is 4.79 Å². The van der Waals surface area contributed by atoms with E-state index in [2.05, 4.69) is 20.9 Å². The predicted molar refractivity (Wildman–Crippen MR) is 83.8 cm³/mol. The van der Waals surface area contributed by atoms with Gasteiger partial charge in [0.1, 0.15) is 0 Å². The molecule has 0 bridgehead atoms. The van der Waals surface area contributed by atoms with Crippen LogP contribution in [0.4, 0.5) is 0 Å². The molecule has 0 atom stereocenters. The number of pyridine rings is 1. The van der Waals surface area contributed by atoms with Gasteiger partial charge < -0.3 is 4.90 Å². The van der Waals surface area contributed by atoms with Crippen LogP contribution >= 0.6 is 15.9 Å². The molecule has 20 heavy (non-hydrogen) atoms. The second-order valence-electron chi connectivity index (χ2n) is 4.85. The third kappa shape index (κ3) is 3.90. The van der Waals surface area contributed by atoms with Gasteiger partial charge >= 0.3 is 0 Å². The highest BCUT2D eigenvalue weighted by Crippen LogP contribution is 2.16. The van der Waals surface area contributed by atoms with Gasteiger partial charge in [-0.05, 0) is 54.8 Å². The summed E-state index contributed by atoms with van der Waals surface area (Å²) in [5.41, 5.74) is 2.98. The Balaban J connectivity index is 2.01. The molecule has 1 aromatic heterocycles. The SMILES string of the molecule is Cc1cc(Br)cc(C(=O)N(C)CCc2ccncc2)c1. The lowest BCUT2D eigenvalue weighted by Gasteiger charge is -2.17. The maximum Gasteiger partial charge on any atom is 0.253 e. The first-order valence-corrected chi connectivity index (χ1v) is 7.27. The van der Waals surface area contributed by atoms with Crippen LogP contribution in [-0.2, 0) is 6.42 Å². The lowest BCUT2D eigenvalue weighted by atomic mass is 10.1. The quantitative estimate of drug-likeness (QED) is 0.858. The molecule has 0 aliphatic heterocycles. The summed E-state index contributed by atoms with van der Waals surface area (Å²) >= 11 is 3.43. The summed E-state index contributed by atoms with van der Waals surface area (Å²) in [5, 5.41) is 0. The number of aryl methyl sites for hydroxylation is 1. The molecule has 2 rings (SSSR count). The summed E-state index contributed by atoms with van der Waals surface area (Å²) in [6.45, 7) is 2.67. The van der Waals surface area contributed by atoms with Gasteiger partial charge in [-0.3, -0.25) is 9.78 Å². The maximum absolute atomic E-state index is 12.4. The number of hydrogen-bond donors (Lipinski definition) is 0. The van der Waals surface area contributed by atoms with E-state index in [4.69, 9.17) is 0 Å². The van der Waals surface area contributed by atoms with Crippen molar-refractivity contribution in [2.75, 3.05) is 13.6 Å². The van der Waals surface area contributed by atoms with Crippen LogP contribution in [0, 0.1) is 6.92 Å². The van der Waals surface area contributed by atoms with Gasteiger partial charge in [-0.2, -0.15) is 0 Å². The molecule has 4 heteroatoms. The number of hydrogen-bond acceptors (Lipinski definition) is 2. The van der Waals surface area contributed by atoms with Crippen LogP contribution in [0.25, 0.3) is 0 Å². The highest BCUT2D eigenvalue weighted by atomic mass is 79.9. The summed E-state index contributed by atoms with van der Waals surface area (Å²) in [6.07, 6.45) is 4.38. The first-order chi connectivity index (χ1) is 9.56. The molecule has 0 unspecified atom stereocenters. The topological polar surface area (TPSA) is 33.2 Å². The largest absolute Gasteiger partial charge is 0.341 e. The minimum Gasteiger partial charge on any atom is -0.341 e. The van der Waals surface area contributed by atoms with Gasteiger partial charge in [0.15, 0.2) is 0 Å². The van der Waals surface area contributed by atoms with E-state index in [1.165, 1.54) is 5.56 Å². The number of likely N-dealkylation sites (N-methyl/N-ethyl adjacent to an activating group) is 1. The van der Waals surface area contributed by atoms with Crippen molar-refractivity contribution >= 4 is 21.8 Å². The van der Waals surface area contributed by atoms with Gasteiger partial charge in [0.05, 0.1) is 0 Å². The molecule has 0 fully saturated rings. The highest BCUT2D eigenvalue weighted by Gasteiger charge is 2.12. The molecule has 104 valence electrons. The Morgan fingerprint density at radius 2 is 1.95 bits per heavy atom. The second kappa shape index (κ2) is 6.66. The van der Waals surface area contributed by atoms with E-state index in [0.29, 0.717) is 12.1 Å². The molecule has 0 spiro atoms. The van der Waals surface area contributed by atoms with Gasteiger partial charge in [-0.25, -0.2) is 0 Å². The number of halogens is 1. The van der Waals surface area contributed by atoms with Crippen LogP contribution in [0.3, 0.4) is 0 Å². The van der Waals surface area contributed by atoms with Crippen molar-refractivity contribution in [3.63, 3.8) is 0 Å². The fraction of sp³-hybridized carbons (Fsp3) is 0.250. The Kier molecular flexibility index (Phi) is 4.90. The van der Waals surface area contributed by atoms with E-state index < -0.39 is 0 Å². The number of amides is 1. The molecular weight excluding hydrogens is 316 g/mol. The molecule has 0 radical (unpaired) electrons.